The highest BCUT2D eigenvalue weighted by molar-refractivity contribution is 6.25. The highest BCUT2D eigenvalue weighted by Crippen LogP contribution is 2.27. The van der Waals surface area contributed by atoms with Crippen molar-refractivity contribution in [3.8, 4) is 5.75 Å². The second-order valence-corrected chi connectivity index (χ2v) is 4.84. The average molecular weight is 305 g/mol. The maximum atomic E-state index is 12.4. The number of carbonyl (C=O) groups excluding carboxylic acids is 3. The van der Waals surface area contributed by atoms with E-state index >= 15 is 0 Å². The third kappa shape index (κ3) is 2.71. The predicted molar refractivity (Wildman–Crippen MR) is 75.5 cm³/mol. The highest BCUT2D eigenvalue weighted by atomic mass is 16.5. The lowest BCUT2D eigenvalue weighted by atomic mass is 9.91. The second-order valence-electron chi connectivity index (χ2n) is 4.84. The first kappa shape index (κ1) is 15.7. The van der Waals surface area contributed by atoms with Gasteiger partial charge in [-0.15, -0.1) is 0 Å². The molecule has 7 nitrogen and oxygen atoms in total. The Bertz CT molecular complexity index is 677. The van der Waals surface area contributed by atoms with Crippen molar-refractivity contribution in [1.82, 2.24) is 5.32 Å². The number of hydrogen-bond acceptors (Lipinski definition) is 7. The molecule has 1 aliphatic rings. The van der Waals surface area contributed by atoms with E-state index in [2.05, 4.69) is 10.1 Å². The van der Waals surface area contributed by atoms with Crippen LogP contribution < -0.4 is 5.32 Å². The Morgan fingerprint density at radius 3 is 2.59 bits per heavy atom. The maximum Gasteiger partial charge on any atom is 0.330 e. The van der Waals surface area contributed by atoms with Crippen molar-refractivity contribution in [1.29, 1.82) is 0 Å². The first-order chi connectivity index (χ1) is 10.4. The summed E-state index contributed by atoms with van der Waals surface area (Å²) in [5.41, 5.74) is -0.187. The van der Waals surface area contributed by atoms with Gasteiger partial charge in [-0.1, -0.05) is 6.07 Å². The van der Waals surface area contributed by atoms with Gasteiger partial charge in [0.2, 0.25) is 5.78 Å². The number of aliphatic hydroxyl groups is 1. The molecule has 0 amide bonds. The molecule has 0 aromatic heterocycles. The van der Waals surface area contributed by atoms with Crippen LogP contribution in [0.1, 0.15) is 27.6 Å². The molecule has 1 aromatic carbocycles. The Morgan fingerprint density at radius 2 is 2.00 bits per heavy atom. The molecule has 116 valence electrons. The molecule has 0 saturated heterocycles. The Hall–Kier alpha value is -2.67. The number of esters is 1. The molecule has 0 radical (unpaired) electrons. The first-order valence-electron chi connectivity index (χ1n) is 6.52. The van der Waals surface area contributed by atoms with Crippen LogP contribution in [0.25, 0.3) is 0 Å². The van der Waals surface area contributed by atoms with Gasteiger partial charge in [-0.25, -0.2) is 4.79 Å². The van der Waals surface area contributed by atoms with E-state index in [0.717, 1.165) is 13.2 Å². The van der Waals surface area contributed by atoms with Crippen LogP contribution in [0.3, 0.4) is 0 Å². The summed E-state index contributed by atoms with van der Waals surface area (Å²) in [6.45, 7) is 1.35. The van der Waals surface area contributed by atoms with Gasteiger partial charge in [-0.05, 0) is 19.1 Å². The van der Waals surface area contributed by atoms with Crippen LogP contribution in [0.15, 0.2) is 30.0 Å². The molecule has 2 rings (SSSR count). The molecular weight excluding hydrogens is 290 g/mol. The van der Waals surface area contributed by atoms with E-state index in [1.165, 1.54) is 25.1 Å². The van der Waals surface area contributed by atoms with Gasteiger partial charge in [0.25, 0.3) is 0 Å². The van der Waals surface area contributed by atoms with Crippen molar-refractivity contribution >= 4 is 17.5 Å². The molecule has 2 atom stereocenters. The highest BCUT2D eigenvalue weighted by Gasteiger charge is 2.32. The first-order valence-corrected chi connectivity index (χ1v) is 6.52. The number of ether oxygens (including phenoxy) is 1. The molecule has 3 N–H and O–H groups in total. The zero-order valence-electron chi connectivity index (χ0n) is 12.0. The summed E-state index contributed by atoms with van der Waals surface area (Å²) in [7, 11) is 1.15. The number of hydrogen-bond donors (Lipinski definition) is 3. The molecule has 0 bridgehead atoms. The van der Waals surface area contributed by atoms with E-state index in [9.17, 15) is 24.6 Å². The molecule has 1 aliphatic carbocycles. The largest absolute Gasteiger partial charge is 0.507 e. The third-order valence-electron chi connectivity index (χ3n) is 3.30. The van der Waals surface area contributed by atoms with Gasteiger partial charge in [-0.3, -0.25) is 9.59 Å². The smallest absolute Gasteiger partial charge is 0.330 e. The molecule has 1 unspecified atom stereocenters. The SMILES string of the molecule is COC(=O)[C@@H](NC1=CC(=O)c2c(O)cccc2C1=O)C(C)O. The lowest BCUT2D eigenvalue weighted by molar-refractivity contribution is -0.145. The Balaban J connectivity index is 2.37. The number of aromatic hydroxyl groups is 1. The zero-order valence-corrected chi connectivity index (χ0v) is 12.0. The zero-order chi connectivity index (χ0) is 16.4. The molecule has 0 heterocycles. The van der Waals surface area contributed by atoms with E-state index in [4.69, 9.17) is 0 Å². The summed E-state index contributed by atoms with van der Waals surface area (Å²) < 4.78 is 4.54. The van der Waals surface area contributed by atoms with Crippen molar-refractivity contribution in [2.45, 2.75) is 19.1 Å². The van der Waals surface area contributed by atoms with Crippen molar-refractivity contribution in [2.75, 3.05) is 7.11 Å². The second kappa shape index (κ2) is 5.98. The third-order valence-corrected chi connectivity index (χ3v) is 3.30. The van der Waals surface area contributed by atoms with Gasteiger partial charge in [0.05, 0.1) is 24.5 Å². The molecule has 7 heteroatoms. The number of rotatable bonds is 4. The topological polar surface area (TPSA) is 113 Å². The van der Waals surface area contributed by atoms with Crippen LogP contribution in [0, 0.1) is 0 Å². The Kier molecular flexibility index (Phi) is 4.27. The fraction of sp³-hybridized carbons (Fsp3) is 0.267. The number of Topliss-reactive ketones (excluding diaryl/α,β-unsaturated/α-hetero) is 1. The fourth-order valence-electron chi connectivity index (χ4n) is 2.18. The van der Waals surface area contributed by atoms with Gasteiger partial charge < -0.3 is 20.3 Å². The molecule has 1 aromatic rings. The van der Waals surface area contributed by atoms with Crippen LogP contribution in [-0.2, 0) is 9.53 Å². The minimum absolute atomic E-state index is 0.0317. The van der Waals surface area contributed by atoms with Gasteiger partial charge in [0.1, 0.15) is 5.75 Å². The van der Waals surface area contributed by atoms with E-state index in [1.807, 2.05) is 0 Å². The van der Waals surface area contributed by atoms with Crippen molar-refractivity contribution in [3.63, 3.8) is 0 Å². The van der Waals surface area contributed by atoms with Crippen LogP contribution >= 0.6 is 0 Å². The number of ketones is 2. The number of nitrogens with one attached hydrogen (secondary N) is 1. The van der Waals surface area contributed by atoms with E-state index in [-0.39, 0.29) is 22.6 Å². The van der Waals surface area contributed by atoms with Gasteiger partial charge >= 0.3 is 5.97 Å². The van der Waals surface area contributed by atoms with Crippen LogP contribution in [0.5, 0.6) is 5.75 Å². The quantitative estimate of drug-likeness (QED) is 0.679. The van der Waals surface area contributed by atoms with Crippen molar-refractivity contribution in [2.24, 2.45) is 0 Å². The standard InChI is InChI=1S/C15H15NO6/c1-7(17)13(15(21)22-2)16-9-6-11(19)12-8(14(9)20)4-3-5-10(12)18/h3-7,13,16-18H,1-2H3/t7?,13-/m0/s1. The summed E-state index contributed by atoms with van der Waals surface area (Å²) in [5.74, 6) is -2.17. The van der Waals surface area contributed by atoms with E-state index in [0.29, 0.717) is 0 Å². The number of phenolic OH excluding ortho intramolecular Hbond substituents is 1. The van der Waals surface area contributed by atoms with Crippen LogP contribution in [0.2, 0.25) is 0 Å². The lowest BCUT2D eigenvalue weighted by Crippen LogP contribution is -2.47. The average Bonchev–Trinajstić information content (AvgIpc) is 2.48. The maximum absolute atomic E-state index is 12.4. The Labute approximate surface area is 126 Å². The van der Waals surface area contributed by atoms with Crippen LogP contribution in [-0.4, -0.2) is 47.0 Å². The van der Waals surface area contributed by atoms with Gasteiger partial charge in [0.15, 0.2) is 11.8 Å². The minimum Gasteiger partial charge on any atom is -0.507 e. The Morgan fingerprint density at radius 1 is 1.32 bits per heavy atom. The monoisotopic (exact) mass is 305 g/mol. The molecule has 0 saturated carbocycles. The van der Waals surface area contributed by atoms with Gasteiger partial charge in [-0.2, -0.15) is 0 Å². The molecule has 0 spiro atoms. The van der Waals surface area contributed by atoms with E-state index < -0.39 is 29.7 Å². The fourth-order valence-corrected chi connectivity index (χ4v) is 2.18. The predicted octanol–water partition coefficient (Wildman–Crippen LogP) is 0.167. The number of methoxy groups -OCH3 is 1. The number of fused-ring (bicyclic) bond motifs is 1. The summed E-state index contributed by atoms with van der Waals surface area (Å²) in [4.78, 5) is 36.0. The summed E-state index contributed by atoms with van der Waals surface area (Å²) in [5, 5.41) is 21.8. The number of aliphatic hydroxyl groups excluding tert-OH is 1. The van der Waals surface area contributed by atoms with Crippen molar-refractivity contribution < 1.29 is 29.3 Å². The van der Waals surface area contributed by atoms with Crippen LogP contribution in [0.4, 0.5) is 0 Å². The summed E-state index contributed by atoms with van der Waals surface area (Å²) in [6, 6.07) is 2.96. The summed E-state index contributed by atoms with van der Waals surface area (Å²) >= 11 is 0. The lowest BCUT2D eigenvalue weighted by Gasteiger charge is -2.23. The number of phenols is 1. The molecular formula is C15H15NO6. The normalized spacial score (nSPS) is 16.4. The number of allylic oxidation sites excluding steroid dienone is 2. The molecule has 0 aliphatic heterocycles. The molecule has 0 fully saturated rings. The molecule has 22 heavy (non-hydrogen) atoms. The minimum atomic E-state index is -1.19. The number of carbonyl (C=O) groups is 3. The van der Waals surface area contributed by atoms with Crippen molar-refractivity contribution in [3.05, 3.63) is 41.1 Å². The van der Waals surface area contributed by atoms with E-state index in [1.54, 1.807) is 0 Å². The number of benzene rings is 1. The summed E-state index contributed by atoms with van der Waals surface area (Å²) in [6.07, 6.45) is -0.148. The van der Waals surface area contributed by atoms with Gasteiger partial charge in [0, 0.05) is 11.6 Å².